The van der Waals surface area contributed by atoms with Crippen LogP contribution >= 0.6 is 0 Å². The Hall–Kier alpha value is -2.93. The van der Waals surface area contributed by atoms with Gasteiger partial charge < -0.3 is 4.90 Å². The average Bonchev–Trinajstić information content (AvgIpc) is 2.69. The van der Waals surface area contributed by atoms with Gasteiger partial charge in [-0.2, -0.15) is 0 Å². The van der Waals surface area contributed by atoms with Crippen LogP contribution in [0.2, 0.25) is 0 Å². The van der Waals surface area contributed by atoms with E-state index >= 15 is 0 Å². The number of hydrogen-bond donors (Lipinski definition) is 0. The van der Waals surface area contributed by atoms with Crippen molar-refractivity contribution in [2.75, 3.05) is 22.8 Å². The van der Waals surface area contributed by atoms with Gasteiger partial charge in [0.15, 0.2) is 0 Å². The number of halogens is 1. The van der Waals surface area contributed by atoms with E-state index in [4.69, 9.17) is 0 Å². The third kappa shape index (κ3) is 4.31. The number of benzene rings is 2. The molecule has 0 aliphatic heterocycles. The lowest BCUT2D eigenvalue weighted by atomic mass is 10.2. The lowest BCUT2D eigenvalue weighted by molar-refractivity contribution is 0.591. The molecule has 0 N–H and O–H groups in total. The van der Waals surface area contributed by atoms with E-state index in [2.05, 4.69) is 4.98 Å². The number of sulfonamides is 1. The van der Waals surface area contributed by atoms with Gasteiger partial charge in [-0.15, -0.1) is 0 Å². The molecule has 0 atom stereocenters. The van der Waals surface area contributed by atoms with Gasteiger partial charge in [0.1, 0.15) is 16.5 Å². The summed E-state index contributed by atoms with van der Waals surface area (Å²) in [6, 6.07) is 18.5. The molecular formula is C21H22FN3O2S. The van der Waals surface area contributed by atoms with Crippen molar-refractivity contribution in [1.82, 2.24) is 4.98 Å². The van der Waals surface area contributed by atoms with Gasteiger partial charge in [0, 0.05) is 26.3 Å². The first-order chi connectivity index (χ1) is 13.4. The van der Waals surface area contributed by atoms with E-state index < -0.39 is 10.0 Å². The fourth-order valence-electron chi connectivity index (χ4n) is 2.95. The van der Waals surface area contributed by atoms with E-state index in [1.165, 1.54) is 22.6 Å². The summed E-state index contributed by atoms with van der Waals surface area (Å²) in [6.07, 6.45) is 1.36. The maximum atomic E-state index is 13.3. The van der Waals surface area contributed by atoms with E-state index in [9.17, 15) is 12.8 Å². The molecule has 0 amide bonds. The summed E-state index contributed by atoms with van der Waals surface area (Å²) in [5.41, 5.74) is 1.42. The van der Waals surface area contributed by atoms with Gasteiger partial charge in [0.2, 0.25) is 0 Å². The normalized spacial score (nSPS) is 11.2. The molecule has 0 spiro atoms. The molecule has 0 unspecified atom stereocenters. The van der Waals surface area contributed by atoms with Crippen LogP contribution in [0.1, 0.15) is 12.5 Å². The highest BCUT2D eigenvalue weighted by molar-refractivity contribution is 7.92. The molecule has 0 fully saturated rings. The van der Waals surface area contributed by atoms with Crippen molar-refractivity contribution in [1.29, 1.82) is 0 Å². The minimum Gasteiger partial charge on any atom is -0.355 e. The Morgan fingerprint density at radius 1 is 1.00 bits per heavy atom. The van der Waals surface area contributed by atoms with Crippen LogP contribution in [0.3, 0.4) is 0 Å². The van der Waals surface area contributed by atoms with Gasteiger partial charge >= 0.3 is 0 Å². The molecule has 0 saturated carbocycles. The summed E-state index contributed by atoms with van der Waals surface area (Å²) >= 11 is 0. The molecule has 28 heavy (non-hydrogen) atoms. The SMILES string of the molecule is CCN(c1ccccc1)S(=O)(=O)c1ccc(N(C)Cc2cccc(F)c2)nc1. The van der Waals surface area contributed by atoms with E-state index in [1.54, 1.807) is 49.4 Å². The van der Waals surface area contributed by atoms with Crippen LogP contribution < -0.4 is 9.21 Å². The molecule has 7 heteroatoms. The number of rotatable bonds is 7. The molecule has 0 saturated heterocycles. The minimum atomic E-state index is -3.71. The van der Waals surface area contributed by atoms with Crippen LogP contribution in [-0.4, -0.2) is 27.0 Å². The van der Waals surface area contributed by atoms with Crippen LogP contribution in [0, 0.1) is 5.82 Å². The Labute approximate surface area is 165 Å². The highest BCUT2D eigenvalue weighted by Crippen LogP contribution is 2.24. The predicted octanol–water partition coefficient (Wildman–Crippen LogP) is 4.07. The smallest absolute Gasteiger partial charge is 0.265 e. The Bertz CT molecular complexity index is 1030. The number of para-hydroxylation sites is 1. The number of pyridine rings is 1. The van der Waals surface area contributed by atoms with Gasteiger partial charge in [-0.25, -0.2) is 17.8 Å². The maximum Gasteiger partial charge on any atom is 0.265 e. The fourth-order valence-corrected chi connectivity index (χ4v) is 4.37. The first-order valence-electron chi connectivity index (χ1n) is 8.91. The van der Waals surface area contributed by atoms with Crippen molar-refractivity contribution in [2.24, 2.45) is 0 Å². The summed E-state index contributed by atoms with van der Waals surface area (Å²) in [5, 5.41) is 0. The third-order valence-electron chi connectivity index (χ3n) is 4.34. The molecule has 0 radical (unpaired) electrons. The lowest BCUT2D eigenvalue weighted by Gasteiger charge is -2.23. The van der Waals surface area contributed by atoms with Gasteiger partial charge in [0.05, 0.1) is 5.69 Å². The molecule has 0 bridgehead atoms. The lowest BCUT2D eigenvalue weighted by Crippen LogP contribution is -2.30. The topological polar surface area (TPSA) is 53.5 Å². The van der Waals surface area contributed by atoms with Gasteiger partial charge in [-0.05, 0) is 48.9 Å². The van der Waals surface area contributed by atoms with Crippen molar-refractivity contribution in [3.63, 3.8) is 0 Å². The third-order valence-corrected chi connectivity index (χ3v) is 6.23. The average molecular weight is 399 g/mol. The highest BCUT2D eigenvalue weighted by Gasteiger charge is 2.24. The summed E-state index contributed by atoms with van der Waals surface area (Å²) in [7, 11) is -1.89. The largest absolute Gasteiger partial charge is 0.355 e. The number of aromatic nitrogens is 1. The summed E-state index contributed by atoms with van der Waals surface area (Å²) in [5.74, 6) is 0.312. The Kier molecular flexibility index (Phi) is 5.94. The van der Waals surface area contributed by atoms with Crippen molar-refractivity contribution in [3.05, 3.63) is 84.3 Å². The van der Waals surface area contributed by atoms with Crippen LogP contribution in [0.5, 0.6) is 0 Å². The van der Waals surface area contributed by atoms with Crippen molar-refractivity contribution < 1.29 is 12.8 Å². The van der Waals surface area contributed by atoms with Gasteiger partial charge in [0.25, 0.3) is 10.0 Å². The second-order valence-corrected chi connectivity index (χ2v) is 8.21. The van der Waals surface area contributed by atoms with Crippen molar-refractivity contribution in [2.45, 2.75) is 18.4 Å². The van der Waals surface area contributed by atoms with E-state index in [1.807, 2.05) is 24.1 Å². The van der Waals surface area contributed by atoms with Crippen molar-refractivity contribution in [3.8, 4) is 0 Å². The molecule has 3 rings (SSSR count). The number of anilines is 2. The molecule has 146 valence electrons. The zero-order valence-corrected chi connectivity index (χ0v) is 16.6. The quantitative estimate of drug-likeness (QED) is 0.601. The van der Waals surface area contributed by atoms with E-state index in [0.29, 0.717) is 24.6 Å². The molecule has 0 aliphatic carbocycles. The molecule has 2 aromatic carbocycles. The molecule has 5 nitrogen and oxygen atoms in total. The van der Waals surface area contributed by atoms with Gasteiger partial charge in [-0.1, -0.05) is 30.3 Å². The van der Waals surface area contributed by atoms with Crippen LogP contribution in [0.15, 0.2) is 77.8 Å². The van der Waals surface area contributed by atoms with Crippen LogP contribution in [-0.2, 0) is 16.6 Å². The summed E-state index contributed by atoms with van der Waals surface area (Å²) in [4.78, 5) is 6.26. The maximum absolute atomic E-state index is 13.3. The first-order valence-corrected chi connectivity index (χ1v) is 10.3. The van der Waals surface area contributed by atoms with Crippen LogP contribution in [0.4, 0.5) is 15.9 Å². The second kappa shape index (κ2) is 8.39. The fraction of sp³-hybridized carbons (Fsp3) is 0.190. The van der Waals surface area contributed by atoms with Crippen LogP contribution in [0.25, 0.3) is 0 Å². The molecule has 1 aromatic heterocycles. The Morgan fingerprint density at radius 3 is 2.36 bits per heavy atom. The standard InChI is InChI=1S/C21H22FN3O2S/c1-3-25(19-10-5-4-6-11-19)28(26,27)20-12-13-21(23-15-20)24(2)16-17-8-7-9-18(22)14-17/h4-15H,3,16H2,1-2H3. The molecule has 0 aliphatic rings. The summed E-state index contributed by atoms with van der Waals surface area (Å²) < 4.78 is 40.7. The monoisotopic (exact) mass is 399 g/mol. The Morgan fingerprint density at radius 2 is 1.75 bits per heavy atom. The number of nitrogens with zero attached hydrogens (tertiary/aromatic N) is 3. The van der Waals surface area contributed by atoms with Gasteiger partial charge in [-0.3, -0.25) is 4.31 Å². The zero-order chi connectivity index (χ0) is 20.1. The zero-order valence-electron chi connectivity index (χ0n) is 15.8. The first kappa shape index (κ1) is 19.8. The second-order valence-electron chi connectivity index (χ2n) is 6.34. The minimum absolute atomic E-state index is 0.126. The van der Waals surface area contributed by atoms with E-state index in [-0.39, 0.29) is 10.7 Å². The predicted molar refractivity (Wildman–Crippen MR) is 109 cm³/mol. The number of hydrogen-bond acceptors (Lipinski definition) is 4. The van der Waals surface area contributed by atoms with Crippen molar-refractivity contribution >= 4 is 21.5 Å². The highest BCUT2D eigenvalue weighted by atomic mass is 32.2. The molecule has 3 aromatic rings. The molecular weight excluding hydrogens is 377 g/mol. The van der Waals surface area contributed by atoms with E-state index in [0.717, 1.165) is 5.56 Å². The molecule has 1 heterocycles. The Balaban J connectivity index is 1.81. The summed E-state index contributed by atoms with van der Waals surface area (Å²) in [6.45, 7) is 2.56.